The van der Waals surface area contributed by atoms with Crippen LogP contribution in [0.3, 0.4) is 0 Å². The Balaban J connectivity index is 0. The smallest absolute Gasteiger partial charge is 1.00 e. The number of hydrogen-bond donors (Lipinski definition) is 1. The second-order valence-electron chi connectivity index (χ2n) is 2.16. The first-order valence-corrected chi connectivity index (χ1v) is 3.35. The second-order valence-corrected chi connectivity index (χ2v) is 2.57. The summed E-state index contributed by atoms with van der Waals surface area (Å²) in [5.41, 5.74) is -0.913. The van der Waals surface area contributed by atoms with Crippen molar-refractivity contribution in [2.45, 2.75) is 6.18 Å². The standard InChI is InChI=1S/C7H4ClF3O.K.H/c8-5-2-1-4(3-6(5)12)7(9,10)11;;/h1-3,12H;;/q;+1;-1. The van der Waals surface area contributed by atoms with Gasteiger partial charge in [0.1, 0.15) is 5.75 Å². The van der Waals surface area contributed by atoms with Crippen LogP contribution in [0.15, 0.2) is 18.2 Å². The fraction of sp³-hybridized carbons (Fsp3) is 0.143. The van der Waals surface area contributed by atoms with Gasteiger partial charge in [-0.05, 0) is 18.2 Å². The fourth-order valence-corrected chi connectivity index (χ4v) is 0.807. The van der Waals surface area contributed by atoms with E-state index < -0.39 is 17.5 Å². The molecular formula is C7H5ClF3KO. The van der Waals surface area contributed by atoms with E-state index in [-0.39, 0.29) is 57.8 Å². The summed E-state index contributed by atoms with van der Waals surface area (Å²) in [7, 11) is 0. The molecule has 6 heteroatoms. The number of rotatable bonds is 0. The zero-order chi connectivity index (χ0) is 9.35. The fourth-order valence-electron chi connectivity index (χ4n) is 0.689. The molecule has 1 aromatic carbocycles. The van der Waals surface area contributed by atoms with Crippen molar-refractivity contribution in [1.29, 1.82) is 0 Å². The molecule has 0 amide bonds. The van der Waals surface area contributed by atoms with Gasteiger partial charge in [-0.2, -0.15) is 13.2 Å². The molecule has 0 aromatic heterocycles. The van der Waals surface area contributed by atoms with Crippen LogP contribution in [0, 0.1) is 0 Å². The molecule has 0 heterocycles. The Morgan fingerprint density at radius 1 is 1.31 bits per heavy atom. The van der Waals surface area contributed by atoms with Crippen LogP contribution >= 0.6 is 11.6 Å². The molecule has 0 unspecified atom stereocenters. The van der Waals surface area contributed by atoms with Crippen LogP contribution in [0.1, 0.15) is 6.99 Å². The van der Waals surface area contributed by atoms with E-state index in [0.717, 1.165) is 12.1 Å². The zero-order valence-corrected chi connectivity index (χ0v) is 10.6. The van der Waals surface area contributed by atoms with Crippen molar-refractivity contribution >= 4 is 11.6 Å². The quantitative estimate of drug-likeness (QED) is 0.638. The number of phenols is 1. The van der Waals surface area contributed by atoms with Crippen LogP contribution in [-0.4, -0.2) is 5.11 Å². The third-order valence-corrected chi connectivity index (χ3v) is 1.59. The topological polar surface area (TPSA) is 20.2 Å². The molecule has 0 fully saturated rings. The molecule has 0 radical (unpaired) electrons. The predicted octanol–water partition coefficient (Wildman–Crippen LogP) is 0.181. The Morgan fingerprint density at radius 3 is 2.23 bits per heavy atom. The van der Waals surface area contributed by atoms with Crippen molar-refractivity contribution in [3.63, 3.8) is 0 Å². The molecule has 0 aliphatic carbocycles. The molecule has 1 N–H and O–H groups in total. The van der Waals surface area contributed by atoms with Gasteiger partial charge in [-0.1, -0.05) is 11.6 Å². The van der Waals surface area contributed by atoms with Gasteiger partial charge >= 0.3 is 57.6 Å². The van der Waals surface area contributed by atoms with E-state index in [4.69, 9.17) is 16.7 Å². The Hall–Kier alpha value is 0.736. The van der Waals surface area contributed by atoms with E-state index in [0.29, 0.717) is 6.07 Å². The predicted molar refractivity (Wildman–Crippen MR) is 39.2 cm³/mol. The van der Waals surface area contributed by atoms with Gasteiger partial charge in [0.25, 0.3) is 0 Å². The van der Waals surface area contributed by atoms with Crippen LogP contribution in [0.4, 0.5) is 13.2 Å². The van der Waals surface area contributed by atoms with Crippen LogP contribution in [0.25, 0.3) is 0 Å². The molecule has 68 valence electrons. The van der Waals surface area contributed by atoms with Crippen molar-refractivity contribution in [2.24, 2.45) is 0 Å². The zero-order valence-electron chi connectivity index (χ0n) is 7.69. The summed E-state index contributed by atoms with van der Waals surface area (Å²) >= 11 is 5.31. The number of halogens is 4. The first-order valence-electron chi connectivity index (χ1n) is 2.97. The Morgan fingerprint density at radius 2 is 1.85 bits per heavy atom. The molecule has 0 bridgehead atoms. The minimum atomic E-state index is -4.44. The third-order valence-electron chi connectivity index (χ3n) is 1.27. The molecule has 1 aromatic rings. The van der Waals surface area contributed by atoms with Crippen LogP contribution in [0.5, 0.6) is 5.75 Å². The molecule has 1 nitrogen and oxygen atoms in total. The van der Waals surface area contributed by atoms with Crippen molar-refractivity contribution in [2.75, 3.05) is 0 Å². The Kier molecular flexibility index (Phi) is 5.28. The van der Waals surface area contributed by atoms with Crippen molar-refractivity contribution in [1.82, 2.24) is 0 Å². The largest absolute Gasteiger partial charge is 1.00 e. The van der Waals surface area contributed by atoms with Gasteiger partial charge in [0.2, 0.25) is 0 Å². The van der Waals surface area contributed by atoms with E-state index >= 15 is 0 Å². The maximum Gasteiger partial charge on any atom is 1.00 e. The van der Waals surface area contributed by atoms with E-state index in [2.05, 4.69) is 0 Å². The van der Waals surface area contributed by atoms with E-state index in [9.17, 15) is 13.2 Å². The summed E-state index contributed by atoms with van der Waals surface area (Å²) < 4.78 is 35.8. The van der Waals surface area contributed by atoms with Crippen LogP contribution in [0.2, 0.25) is 5.02 Å². The van der Waals surface area contributed by atoms with Gasteiger partial charge in [0.05, 0.1) is 10.6 Å². The normalized spacial score (nSPS) is 10.8. The molecule has 0 saturated heterocycles. The molecular weight excluding hydrogens is 232 g/mol. The van der Waals surface area contributed by atoms with Gasteiger partial charge in [-0.15, -0.1) is 0 Å². The van der Waals surface area contributed by atoms with Gasteiger partial charge in [0, 0.05) is 0 Å². The average molecular weight is 237 g/mol. The van der Waals surface area contributed by atoms with Gasteiger partial charge < -0.3 is 6.53 Å². The molecule has 0 atom stereocenters. The Bertz CT molecular complexity index is 305. The molecule has 0 spiro atoms. The molecule has 0 aliphatic heterocycles. The maximum atomic E-state index is 11.9. The summed E-state index contributed by atoms with van der Waals surface area (Å²) in [4.78, 5) is 0. The van der Waals surface area contributed by atoms with E-state index in [1.807, 2.05) is 0 Å². The molecule has 0 aliphatic rings. The third kappa shape index (κ3) is 3.77. The van der Waals surface area contributed by atoms with E-state index in [1.54, 1.807) is 0 Å². The maximum absolute atomic E-state index is 11.9. The van der Waals surface area contributed by atoms with Gasteiger partial charge in [-0.25, -0.2) is 0 Å². The van der Waals surface area contributed by atoms with Gasteiger partial charge in [0.15, 0.2) is 0 Å². The number of hydrogen-bond acceptors (Lipinski definition) is 1. The summed E-state index contributed by atoms with van der Waals surface area (Å²) in [5.74, 6) is -0.563. The summed E-state index contributed by atoms with van der Waals surface area (Å²) in [6, 6.07) is 2.39. The van der Waals surface area contributed by atoms with Crippen molar-refractivity contribution < 1.29 is 71.1 Å². The molecule has 13 heavy (non-hydrogen) atoms. The van der Waals surface area contributed by atoms with Crippen molar-refractivity contribution in [3.8, 4) is 5.75 Å². The minimum Gasteiger partial charge on any atom is -1.00 e. The number of alkyl halides is 3. The Labute approximate surface area is 122 Å². The first-order chi connectivity index (χ1) is 5.41. The van der Waals surface area contributed by atoms with Crippen LogP contribution < -0.4 is 51.4 Å². The number of phenolic OH excluding ortho intramolecular Hbond substituents is 1. The summed E-state index contributed by atoms with van der Waals surface area (Å²) in [6.45, 7) is 0. The summed E-state index contributed by atoms with van der Waals surface area (Å²) in [5, 5.41) is 8.74. The molecule has 0 saturated carbocycles. The minimum absolute atomic E-state index is 0. The SMILES string of the molecule is Oc1cc(C(F)(F)F)ccc1Cl.[H-].[K+]. The summed E-state index contributed by atoms with van der Waals surface area (Å²) in [6.07, 6.45) is -4.44. The van der Waals surface area contributed by atoms with Crippen molar-refractivity contribution in [3.05, 3.63) is 28.8 Å². The first kappa shape index (κ1) is 13.7. The number of benzene rings is 1. The number of aromatic hydroxyl groups is 1. The van der Waals surface area contributed by atoms with Crippen LogP contribution in [-0.2, 0) is 6.18 Å². The van der Waals surface area contributed by atoms with E-state index in [1.165, 1.54) is 0 Å². The molecule has 1 rings (SSSR count). The van der Waals surface area contributed by atoms with Gasteiger partial charge in [-0.3, -0.25) is 0 Å². The second kappa shape index (κ2) is 5.00. The average Bonchev–Trinajstić information content (AvgIpc) is 1.92. The monoisotopic (exact) mass is 236 g/mol.